The van der Waals surface area contributed by atoms with Crippen molar-refractivity contribution in [2.24, 2.45) is 0 Å². The van der Waals surface area contributed by atoms with Crippen molar-refractivity contribution in [1.82, 2.24) is 0 Å². The molecule has 6 heteroatoms. The molecule has 0 aliphatic carbocycles. The maximum absolute atomic E-state index is 11.9. The van der Waals surface area contributed by atoms with Crippen molar-refractivity contribution in [1.29, 1.82) is 5.26 Å². The maximum Gasteiger partial charge on any atom is 0.262 e. The van der Waals surface area contributed by atoms with Crippen LogP contribution in [0.3, 0.4) is 0 Å². The number of aryl methyl sites for hydroxylation is 1. The average Bonchev–Trinajstić information content (AvgIpc) is 2.55. The summed E-state index contributed by atoms with van der Waals surface area (Å²) in [5, 5.41) is 11.8. The molecule has 0 aromatic heterocycles. The normalized spacial score (nSPS) is 9.83. The summed E-state index contributed by atoms with van der Waals surface area (Å²) in [5.74, 6) is 0.209. The molecule has 2 rings (SSSR count). The Morgan fingerprint density at radius 3 is 2.61 bits per heavy atom. The highest BCUT2D eigenvalue weighted by Gasteiger charge is 2.14. The zero-order valence-electron chi connectivity index (χ0n) is 12.7. The summed E-state index contributed by atoms with van der Waals surface area (Å²) in [6.45, 7) is 1.74. The second kappa shape index (κ2) is 7.52. The highest BCUT2D eigenvalue weighted by Crippen LogP contribution is 2.36. The molecule has 2 aromatic carbocycles. The lowest BCUT2D eigenvalue weighted by molar-refractivity contribution is -0.118. The third kappa shape index (κ3) is 4.38. The molecule has 0 aliphatic rings. The van der Waals surface area contributed by atoms with Gasteiger partial charge < -0.3 is 14.8 Å². The Morgan fingerprint density at radius 2 is 2.00 bits per heavy atom. The van der Waals surface area contributed by atoms with Gasteiger partial charge in [0.1, 0.15) is 0 Å². The summed E-state index contributed by atoms with van der Waals surface area (Å²) in [6, 6.07) is 12.3. The van der Waals surface area contributed by atoms with Gasteiger partial charge in [-0.25, -0.2) is 0 Å². The molecule has 0 bridgehead atoms. The van der Waals surface area contributed by atoms with E-state index in [0.717, 1.165) is 5.56 Å². The summed E-state index contributed by atoms with van der Waals surface area (Å²) in [6.07, 6.45) is 0. The van der Waals surface area contributed by atoms with Gasteiger partial charge in [0.15, 0.2) is 18.1 Å². The first-order valence-electron chi connectivity index (χ1n) is 6.80. The fraction of sp³-hybridized carbons (Fsp3) is 0.176. The lowest BCUT2D eigenvalue weighted by atomic mass is 10.2. The third-order valence-corrected chi connectivity index (χ3v) is 3.32. The van der Waals surface area contributed by atoms with E-state index in [1.807, 2.05) is 37.3 Å². The second-order valence-corrected chi connectivity index (χ2v) is 5.21. The number of anilines is 1. The SMILES string of the molecule is COc1cc(C#N)cc(Cl)c1OCC(=O)Nc1ccc(C)cc1. The van der Waals surface area contributed by atoms with E-state index >= 15 is 0 Å². The molecule has 0 saturated heterocycles. The number of rotatable bonds is 5. The van der Waals surface area contributed by atoms with Gasteiger partial charge in [0, 0.05) is 11.8 Å². The number of hydrogen-bond donors (Lipinski definition) is 1. The molecule has 0 fully saturated rings. The molecule has 0 unspecified atom stereocenters. The zero-order chi connectivity index (χ0) is 16.8. The quantitative estimate of drug-likeness (QED) is 0.910. The van der Waals surface area contributed by atoms with Gasteiger partial charge in [0.05, 0.1) is 23.8 Å². The van der Waals surface area contributed by atoms with Crippen LogP contribution in [0, 0.1) is 18.3 Å². The van der Waals surface area contributed by atoms with Crippen molar-refractivity contribution >= 4 is 23.2 Å². The Bertz CT molecular complexity index is 752. The van der Waals surface area contributed by atoms with Crippen molar-refractivity contribution in [3.05, 3.63) is 52.5 Å². The van der Waals surface area contributed by atoms with Crippen LogP contribution >= 0.6 is 11.6 Å². The van der Waals surface area contributed by atoms with Crippen molar-refractivity contribution in [2.75, 3.05) is 19.0 Å². The molecule has 0 saturated carbocycles. The monoisotopic (exact) mass is 330 g/mol. The molecule has 1 N–H and O–H groups in total. The number of nitriles is 1. The topological polar surface area (TPSA) is 71.3 Å². The summed E-state index contributed by atoms with van der Waals surface area (Å²) in [5.41, 5.74) is 2.14. The molecule has 23 heavy (non-hydrogen) atoms. The number of ether oxygens (including phenoxy) is 2. The molecular formula is C17H15ClN2O3. The van der Waals surface area contributed by atoms with Crippen LogP contribution in [0.15, 0.2) is 36.4 Å². The van der Waals surface area contributed by atoms with Crippen molar-refractivity contribution in [3.8, 4) is 17.6 Å². The molecule has 0 spiro atoms. The molecule has 118 valence electrons. The number of halogens is 1. The van der Waals surface area contributed by atoms with Gasteiger partial charge in [0.2, 0.25) is 0 Å². The van der Waals surface area contributed by atoms with Crippen molar-refractivity contribution < 1.29 is 14.3 Å². The molecular weight excluding hydrogens is 316 g/mol. The Kier molecular flexibility index (Phi) is 5.45. The van der Waals surface area contributed by atoms with Gasteiger partial charge in [-0.2, -0.15) is 5.26 Å². The van der Waals surface area contributed by atoms with E-state index in [9.17, 15) is 4.79 Å². The van der Waals surface area contributed by atoms with Gasteiger partial charge in [-0.3, -0.25) is 4.79 Å². The summed E-state index contributed by atoms with van der Waals surface area (Å²) in [4.78, 5) is 11.9. The summed E-state index contributed by atoms with van der Waals surface area (Å²) >= 11 is 6.07. The van der Waals surface area contributed by atoms with Gasteiger partial charge in [0.25, 0.3) is 5.91 Å². The van der Waals surface area contributed by atoms with E-state index in [4.69, 9.17) is 26.3 Å². The third-order valence-electron chi connectivity index (χ3n) is 3.04. The summed E-state index contributed by atoms with van der Waals surface area (Å²) in [7, 11) is 1.44. The predicted molar refractivity (Wildman–Crippen MR) is 88.0 cm³/mol. The zero-order valence-corrected chi connectivity index (χ0v) is 13.5. The van der Waals surface area contributed by atoms with Gasteiger partial charge >= 0.3 is 0 Å². The lowest BCUT2D eigenvalue weighted by Crippen LogP contribution is -2.20. The first-order chi connectivity index (χ1) is 11.0. The number of benzene rings is 2. The van der Waals surface area contributed by atoms with E-state index in [0.29, 0.717) is 17.0 Å². The average molecular weight is 331 g/mol. The van der Waals surface area contributed by atoms with Crippen LogP contribution in [-0.4, -0.2) is 19.6 Å². The number of carbonyl (C=O) groups is 1. The Hall–Kier alpha value is -2.71. The Morgan fingerprint density at radius 1 is 1.30 bits per heavy atom. The largest absolute Gasteiger partial charge is 0.493 e. The van der Waals surface area contributed by atoms with Crippen LogP contribution in [0.1, 0.15) is 11.1 Å². The molecule has 0 radical (unpaired) electrons. The molecule has 0 heterocycles. The van der Waals surface area contributed by atoms with Gasteiger partial charge in [-0.1, -0.05) is 29.3 Å². The first kappa shape index (κ1) is 16.7. The van der Waals surface area contributed by atoms with E-state index in [1.54, 1.807) is 0 Å². The standard InChI is InChI=1S/C17H15ClN2O3/c1-11-3-5-13(6-4-11)20-16(21)10-23-17-14(18)7-12(9-19)8-15(17)22-2/h3-8H,10H2,1-2H3,(H,20,21). The Labute approximate surface area is 139 Å². The van der Waals surface area contributed by atoms with E-state index in [2.05, 4.69) is 5.32 Å². The number of nitrogens with zero attached hydrogens (tertiary/aromatic N) is 1. The predicted octanol–water partition coefficient (Wildman–Crippen LogP) is 3.55. The van der Waals surface area contributed by atoms with Crippen LogP contribution in [-0.2, 0) is 4.79 Å². The molecule has 2 aromatic rings. The summed E-state index contributed by atoms with van der Waals surface area (Å²) < 4.78 is 10.6. The number of methoxy groups -OCH3 is 1. The molecule has 0 atom stereocenters. The number of amides is 1. The van der Waals surface area contributed by atoms with Crippen LogP contribution in [0.4, 0.5) is 5.69 Å². The lowest BCUT2D eigenvalue weighted by Gasteiger charge is -2.12. The number of carbonyl (C=O) groups excluding carboxylic acids is 1. The van der Waals surface area contributed by atoms with E-state index in [-0.39, 0.29) is 23.3 Å². The number of nitrogens with one attached hydrogen (secondary N) is 1. The van der Waals surface area contributed by atoms with Gasteiger partial charge in [-0.05, 0) is 25.1 Å². The first-order valence-corrected chi connectivity index (χ1v) is 7.18. The minimum Gasteiger partial charge on any atom is -0.493 e. The van der Waals surface area contributed by atoms with Crippen LogP contribution in [0.5, 0.6) is 11.5 Å². The van der Waals surface area contributed by atoms with Gasteiger partial charge in [-0.15, -0.1) is 0 Å². The number of hydrogen-bond acceptors (Lipinski definition) is 4. The molecule has 5 nitrogen and oxygen atoms in total. The highest BCUT2D eigenvalue weighted by molar-refractivity contribution is 6.32. The smallest absolute Gasteiger partial charge is 0.262 e. The highest BCUT2D eigenvalue weighted by atomic mass is 35.5. The maximum atomic E-state index is 11.9. The van der Waals surface area contributed by atoms with E-state index in [1.165, 1.54) is 19.2 Å². The Balaban J connectivity index is 2.04. The minimum absolute atomic E-state index is 0.212. The van der Waals surface area contributed by atoms with Crippen LogP contribution in [0.2, 0.25) is 5.02 Å². The minimum atomic E-state index is -0.323. The second-order valence-electron chi connectivity index (χ2n) is 4.80. The fourth-order valence-corrected chi connectivity index (χ4v) is 2.16. The van der Waals surface area contributed by atoms with Crippen LogP contribution < -0.4 is 14.8 Å². The van der Waals surface area contributed by atoms with Crippen molar-refractivity contribution in [2.45, 2.75) is 6.92 Å². The van der Waals surface area contributed by atoms with E-state index < -0.39 is 0 Å². The molecule has 0 aliphatic heterocycles. The van der Waals surface area contributed by atoms with Crippen molar-refractivity contribution in [3.63, 3.8) is 0 Å². The fourth-order valence-electron chi connectivity index (χ4n) is 1.90. The molecule has 1 amide bonds. The van der Waals surface area contributed by atoms with Crippen LogP contribution in [0.25, 0.3) is 0 Å².